The van der Waals surface area contributed by atoms with Crippen molar-refractivity contribution in [3.05, 3.63) is 41.7 Å². The van der Waals surface area contributed by atoms with Crippen LogP contribution in [0.2, 0.25) is 0 Å². The minimum Gasteiger partial charge on any atom is -0.392 e. The molecule has 1 fully saturated rings. The fourth-order valence-corrected chi connectivity index (χ4v) is 4.51. The average Bonchev–Trinajstić information content (AvgIpc) is 3.13. The number of H-pyrrole nitrogens is 1. The monoisotopic (exact) mass is 379 g/mol. The van der Waals surface area contributed by atoms with Crippen molar-refractivity contribution in [1.29, 1.82) is 0 Å². The zero-order valence-electron chi connectivity index (χ0n) is 16.6. The van der Waals surface area contributed by atoms with Gasteiger partial charge in [0, 0.05) is 29.2 Å². The molecule has 0 bridgehead atoms. The maximum atomic E-state index is 9.82. The second kappa shape index (κ2) is 7.97. The number of nitrogens with zero attached hydrogens (tertiary/aromatic N) is 3. The number of pyridine rings is 2. The van der Waals surface area contributed by atoms with Crippen LogP contribution in [0, 0.1) is 11.8 Å². The molecule has 1 saturated carbocycles. The lowest BCUT2D eigenvalue weighted by molar-refractivity contribution is 0.240. The molecule has 0 aromatic carbocycles. The Labute approximate surface area is 165 Å². The molecule has 0 spiro atoms. The first kappa shape index (κ1) is 19.0. The van der Waals surface area contributed by atoms with Gasteiger partial charge in [-0.2, -0.15) is 5.10 Å². The van der Waals surface area contributed by atoms with Crippen LogP contribution >= 0.6 is 0 Å². The molecule has 1 aliphatic rings. The Bertz CT molecular complexity index is 951. The fourth-order valence-electron chi connectivity index (χ4n) is 4.51. The van der Waals surface area contributed by atoms with E-state index in [2.05, 4.69) is 29.0 Å². The summed E-state index contributed by atoms with van der Waals surface area (Å²) in [5.41, 5.74) is 10.6. The molecular formula is C22H29N5O. The van der Waals surface area contributed by atoms with Gasteiger partial charge in [0.25, 0.3) is 0 Å². The number of aromatic amines is 1. The van der Waals surface area contributed by atoms with Crippen LogP contribution in [0.4, 0.5) is 0 Å². The zero-order chi connectivity index (χ0) is 19.7. The van der Waals surface area contributed by atoms with E-state index in [1.165, 1.54) is 0 Å². The van der Waals surface area contributed by atoms with Gasteiger partial charge in [-0.1, -0.05) is 13.8 Å². The molecule has 3 aromatic rings. The quantitative estimate of drug-likeness (QED) is 0.626. The van der Waals surface area contributed by atoms with Gasteiger partial charge in [-0.25, -0.2) is 4.98 Å². The summed E-state index contributed by atoms with van der Waals surface area (Å²) in [4.78, 5) is 9.29. The Kier molecular flexibility index (Phi) is 5.42. The number of aliphatic hydroxyl groups excluding tert-OH is 1. The minimum absolute atomic E-state index is 0.00914. The van der Waals surface area contributed by atoms with E-state index in [4.69, 9.17) is 10.7 Å². The summed E-state index contributed by atoms with van der Waals surface area (Å²) in [5, 5.41) is 18.2. The van der Waals surface area contributed by atoms with Gasteiger partial charge in [0.15, 0.2) is 5.65 Å². The second-order valence-corrected chi connectivity index (χ2v) is 8.48. The van der Waals surface area contributed by atoms with Gasteiger partial charge in [-0.3, -0.25) is 10.1 Å². The van der Waals surface area contributed by atoms with Crippen LogP contribution in [0.15, 0.2) is 30.5 Å². The van der Waals surface area contributed by atoms with Crippen LogP contribution in [-0.2, 0) is 6.61 Å². The lowest BCUT2D eigenvalue weighted by Gasteiger charge is -2.35. The van der Waals surface area contributed by atoms with Crippen molar-refractivity contribution in [2.24, 2.45) is 17.6 Å². The van der Waals surface area contributed by atoms with Gasteiger partial charge < -0.3 is 10.8 Å². The van der Waals surface area contributed by atoms with E-state index in [9.17, 15) is 5.11 Å². The van der Waals surface area contributed by atoms with Crippen LogP contribution in [-0.4, -0.2) is 31.3 Å². The summed E-state index contributed by atoms with van der Waals surface area (Å²) in [6, 6.07) is 8.14. The van der Waals surface area contributed by atoms with Gasteiger partial charge in [0.05, 0.1) is 12.3 Å². The van der Waals surface area contributed by atoms with Crippen LogP contribution in [0.1, 0.15) is 56.7 Å². The fraction of sp³-hybridized carbons (Fsp3) is 0.500. The highest BCUT2D eigenvalue weighted by Crippen LogP contribution is 2.39. The van der Waals surface area contributed by atoms with Gasteiger partial charge in [-0.05, 0) is 67.3 Å². The molecular weight excluding hydrogens is 350 g/mol. The number of aliphatic hydroxyl groups is 1. The molecule has 0 radical (unpaired) electrons. The summed E-state index contributed by atoms with van der Waals surface area (Å²) >= 11 is 0. The van der Waals surface area contributed by atoms with Crippen LogP contribution in [0.5, 0.6) is 0 Å². The van der Waals surface area contributed by atoms with E-state index in [-0.39, 0.29) is 12.6 Å². The molecule has 3 aromatic heterocycles. The Balaban J connectivity index is 1.69. The average molecular weight is 380 g/mol. The number of nitrogens with two attached hydrogens (primary N) is 1. The second-order valence-electron chi connectivity index (χ2n) is 8.48. The molecule has 148 valence electrons. The standard InChI is InChI=1S/C22H29N5O/c1-13(2)8-16-11-15(5-6-18(16)23)19-9-14(12-28)10-20(25-19)21-17-4-3-7-24-22(17)27-26-21/h3-4,7,9-10,13,15-16,18,28H,5-6,8,11-12,23H2,1-2H3,(H,24,26,27). The number of hydrogen-bond donors (Lipinski definition) is 3. The van der Waals surface area contributed by atoms with Crippen molar-refractivity contribution >= 4 is 11.0 Å². The summed E-state index contributed by atoms with van der Waals surface area (Å²) in [7, 11) is 0. The predicted octanol–water partition coefficient (Wildman–Crippen LogP) is 3.77. The van der Waals surface area contributed by atoms with Crippen molar-refractivity contribution in [2.45, 2.75) is 58.1 Å². The molecule has 3 atom stereocenters. The van der Waals surface area contributed by atoms with Crippen LogP contribution in [0.25, 0.3) is 22.4 Å². The molecule has 28 heavy (non-hydrogen) atoms. The first-order valence-electron chi connectivity index (χ1n) is 10.2. The van der Waals surface area contributed by atoms with Crippen LogP contribution < -0.4 is 5.73 Å². The van der Waals surface area contributed by atoms with Crippen molar-refractivity contribution < 1.29 is 5.11 Å². The van der Waals surface area contributed by atoms with E-state index < -0.39 is 0 Å². The number of fused-ring (bicyclic) bond motifs is 1. The van der Waals surface area contributed by atoms with Gasteiger partial charge in [0.1, 0.15) is 5.69 Å². The highest BCUT2D eigenvalue weighted by Gasteiger charge is 2.30. The van der Waals surface area contributed by atoms with E-state index in [0.717, 1.165) is 59.4 Å². The smallest absolute Gasteiger partial charge is 0.155 e. The largest absolute Gasteiger partial charge is 0.392 e. The van der Waals surface area contributed by atoms with Gasteiger partial charge in [-0.15, -0.1) is 0 Å². The topological polar surface area (TPSA) is 101 Å². The molecule has 0 amide bonds. The number of rotatable bonds is 5. The lowest BCUT2D eigenvalue weighted by Crippen LogP contribution is -2.36. The van der Waals surface area contributed by atoms with E-state index in [1.807, 2.05) is 24.3 Å². The molecule has 1 aliphatic carbocycles. The first-order valence-corrected chi connectivity index (χ1v) is 10.2. The van der Waals surface area contributed by atoms with Gasteiger partial charge >= 0.3 is 0 Å². The number of aromatic nitrogens is 4. The minimum atomic E-state index is -0.00914. The highest BCUT2D eigenvalue weighted by molar-refractivity contribution is 5.89. The Hall–Kier alpha value is -2.31. The van der Waals surface area contributed by atoms with E-state index in [0.29, 0.717) is 17.8 Å². The van der Waals surface area contributed by atoms with E-state index in [1.54, 1.807) is 6.20 Å². The summed E-state index contributed by atoms with van der Waals surface area (Å²) in [6.07, 6.45) is 6.02. The molecule has 0 saturated heterocycles. The van der Waals surface area contributed by atoms with Crippen molar-refractivity contribution in [3.8, 4) is 11.4 Å². The molecule has 6 nitrogen and oxygen atoms in total. The summed E-state index contributed by atoms with van der Waals surface area (Å²) < 4.78 is 0. The summed E-state index contributed by atoms with van der Waals surface area (Å²) in [5.74, 6) is 1.54. The van der Waals surface area contributed by atoms with Crippen molar-refractivity contribution in [1.82, 2.24) is 20.2 Å². The normalized spacial score (nSPS) is 22.8. The van der Waals surface area contributed by atoms with Crippen molar-refractivity contribution in [2.75, 3.05) is 0 Å². The maximum Gasteiger partial charge on any atom is 0.155 e. The Morgan fingerprint density at radius 1 is 1.29 bits per heavy atom. The predicted molar refractivity (Wildman–Crippen MR) is 111 cm³/mol. The maximum absolute atomic E-state index is 9.82. The number of nitrogens with one attached hydrogen (secondary N) is 1. The number of hydrogen-bond acceptors (Lipinski definition) is 5. The molecule has 6 heteroatoms. The first-order chi connectivity index (χ1) is 13.5. The SMILES string of the molecule is CC(C)CC1CC(c2cc(CO)cc(-c3n[nH]c4ncccc34)n2)CCC1N. The van der Waals surface area contributed by atoms with Gasteiger partial charge in [0.2, 0.25) is 0 Å². The molecule has 3 heterocycles. The third-order valence-electron chi connectivity index (χ3n) is 5.90. The Morgan fingerprint density at radius 3 is 2.93 bits per heavy atom. The van der Waals surface area contributed by atoms with Crippen molar-refractivity contribution in [3.63, 3.8) is 0 Å². The Morgan fingerprint density at radius 2 is 2.14 bits per heavy atom. The third-order valence-corrected chi connectivity index (χ3v) is 5.90. The lowest BCUT2D eigenvalue weighted by atomic mass is 9.73. The molecule has 4 N–H and O–H groups in total. The van der Waals surface area contributed by atoms with E-state index >= 15 is 0 Å². The molecule has 0 aliphatic heterocycles. The highest BCUT2D eigenvalue weighted by atomic mass is 16.3. The molecule has 3 unspecified atom stereocenters. The summed E-state index contributed by atoms with van der Waals surface area (Å²) in [6.45, 7) is 4.51. The zero-order valence-corrected chi connectivity index (χ0v) is 16.6. The third kappa shape index (κ3) is 3.80. The molecule has 4 rings (SSSR count). The van der Waals surface area contributed by atoms with Crippen LogP contribution in [0.3, 0.4) is 0 Å².